The first-order valence-electron chi connectivity index (χ1n) is 44.7. The summed E-state index contributed by atoms with van der Waals surface area (Å²) < 4.78 is 32.0. The Hall–Kier alpha value is -14.9. The molecule has 1 unspecified atom stereocenters. The molecule has 4 aliphatic carbocycles. The molecule has 5 fully saturated rings. The minimum absolute atomic E-state index is 0.0130. The summed E-state index contributed by atoms with van der Waals surface area (Å²) in [7, 11) is 3.71. The van der Waals surface area contributed by atoms with Gasteiger partial charge in [-0.1, -0.05) is 32.6 Å². The van der Waals surface area contributed by atoms with Gasteiger partial charge in [0.25, 0.3) is 0 Å². The molecule has 0 spiro atoms. The van der Waals surface area contributed by atoms with E-state index in [0.717, 1.165) is 133 Å². The van der Waals surface area contributed by atoms with Crippen LogP contribution in [0.2, 0.25) is 0 Å². The Kier molecular flexibility index (Phi) is 39.1. The summed E-state index contributed by atoms with van der Waals surface area (Å²) in [5, 5.41) is 116. The van der Waals surface area contributed by atoms with Crippen LogP contribution >= 0.6 is 0 Å². The van der Waals surface area contributed by atoms with Crippen LogP contribution in [0.15, 0.2) is 110 Å². The number of hydrogen-bond acceptors (Lipinski definition) is 25. The lowest BCUT2D eigenvalue weighted by molar-refractivity contribution is 0.0676. The molecule has 1 atom stereocenters. The van der Waals surface area contributed by atoms with E-state index in [9.17, 15) is 43.2 Å². The van der Waals surface area contributed by atoms with Gasteiger partial charge in [-0.25, -0.2) is 63.1 Å². The highest BCUT2D eigenvalue weighted by Crippen LogP contribution is 2.32. The van der Waals surface area contributed by atoms with Gasteiger partial charge in [-0.05, 0) is 230 Å². The largest absolute Gasteiger partial charge is 0.493 e. The van der Waals surface area contributed by atoms with E-state index in [0.29, 0.717) is 61.9 Å². The Morgan fingerprint density at radius 3 is 1.07 bits per heavy atom. The Morgan fingerprint density at radius 1 is 0.360 bits per heavy atom. The van der Waals surface area contributed by atoms with Gasteiger partial charge < -0.3 is 60.2 Å². The molecule has 136 heavy (non-hydrogen) atoms. The number of unbranched alkanes of at least 4 members (excludes halogenated alkanes) is 1. The Balaban J connectivity index is 0.000000172. The maximum Gasteiger partial charge on any atom is 0.356 e. The predicted octanol–water partition coefficient (Wildman–Crippen LogP) is 12.9. The Bertz CT molecular complexity index is 5910. The van der Waals surface area contributed by atoms with Crippen LogP contribution in [0.3, 0.4) is 0 Å². The van der Waals surface area contributed by atoms with Crippen LogP contribution in [0.5, 0.6) is 11.5 Å². The minimum atomic E-state index is -1.04. The molecule has 5 aliphatic rings. The van der Waals surface area contributed by atoms with Crippen LogP contribution < -0.4 is 9.47 Å². The van der Waals surface area contributed by atoms with Crippen molar-refractivity contribution in [1.29, 1.82) is 0 Å². The van der Waals surface area contributed by atoms with Gasteiger partial charge in [-0.3, -0.25) is 42.1 Å². The van der Waals surface area contributed by atoms with Crippen molar-refractivity contribution in [3.05, 3.63) is 229 Å². The number of aromatic nitrogens is 22. The van der Waals surface area contributed by atoms with Crippen molar-refractivity contribution >= 4 is 53.7 Å². The molecule has 0 bridgehead atoms. The van der Waals surface area contributed by atoms with E-state index < -0.39 is 53.7 Å². The minimum Gasteiger partial charge on any atom is -0.493 e. The van der Waals surface area contributed by atoms with Gasteiger partial charge in [-0.2, -0.15) is 45.9 Å². The molecule has 1 saturated heterocycles. The number of hydrogen-bond donors (Lipinski definition) is 9. The SMILES string of the molecule is CCCCOc1ccnc(C(=O)O)c1.Cc1cc(C(=O)O)nn1CC1CC1.Cc1cc(C(=O)O)nn1CC1CCC1.Cc1cc(C(=O)O)nn1CC1CCCC1.Cc1cc(C(=O)O)nn1CC1CCCO1.Cc1cc(C(=O)O)nn1Cc1ccn(C)n1.Cc1cc(Cn2nc(C(=O)O)cc2C)nn1C.Cc1ncc(Cn2nc(C(=O)O)cc2C)cn1.O=C(O)c1cc(OC2CCCC2)ccn1. The van der Waals surface area contributed by atoms with Crippen molar-refractivity contribution in [3.63, 3.8) is 0 Å². The molecule has 4 saturated carbocycles. The van der Waals surface area contributed by atoms with Crippen molar-refractivity contribution in [2.75, 3.05) is 13.2 Å². The van der Waals surface area contributed by atoms with Gasteiger partial charge in [0.15, 0.2) is 51.2 Å². The lowest BCUT2D eigenvalue weighted by atomic mass is 9.85. The maximum atomic E-state index is 10.8. The van der Waals surface area contributed by atoms with E-state index in [1.54, 1.807) is 93.7 Å². The second-order valence-corrected chi connectivity index (χ2v) is 33.7. The number of carboxylic acids is 9. The van der Waals surface area contributed by atoms with Crippen LogP contribution in [-0.4, -0.2) is 233 Å². The van der Waals surface area contributed by atoms with E-state index in [2.05, 4.69) is 72.7 Å². The van der Waals surface area contributed by atoms with E-state index in [4.69, 9.17) is 60.2 Å². The van der Waals surface area contributed by atoms with Gasteiger partial charge in [-0.15, -0.1) is 0 Å². The standard InChI is InChI=1S/C11H14N4O2.C11H12N4O2.C11H16N2O2.C11H13NO3.C10H12N4O2.C10H14N2O3.C10H14N2O2.C10H13NO3.C9H12N2O2/c1-7-4-9(12-14(7)3)6-15-8(2)5-10(13-15)11(16)17;1-7-3-10(11(16)17)14-15(7)6-9-4-12-8(2)13-5-9;1-8-6-10(11(14)15)12-13(8)7-9-4-2-3-5-9;13-11(14)10-7-9(5-6-12-10)15-8-3-1-2-4-8;1-7-5-9(10(15)16)12-14(7)6-8-3-4-13(2)11-8;1-7-5-9(10(13)14)11-12(7)6-8-3-2-4-15-8;1-7-5-9(10(13)14)11-12(7)6-8-3-2-4-8;1-2-3-6-14-8-4-5-11-9(7-8)10(12)13;1-6-4-8(9(12)13)10-11(6)5-7-2-3-7/h4-5H,6H2,1-3H3,(H,16,17);3-5H,6H2,1-2H3,(H,16,17);6,9H,2-5,7H2,1H3,(H,14,15);5-8H,1-4H2,(H,13,14);3-5H,6H2,1-2H3,(H,15,16);5,8H,2-4,6H2,1H3,(H,13,14);5,8H,2-4,6H2,1H3,(H,13,14);4-5,7H,2-3,6H2,1H3,(H,12,13);4,7H,2-3,5H2,1H3,(H,12,13). The van der Waals surface area contributed by atoms with Gasteiger partial charge in [0.1, 0.15) is 17.3 Å². The zero-order chi connectivity index (χ0) is 99.0. The van der Waals surface area contributed by atoms with E-state index in [-0.39, 0.29) is 63.5 Å². The molecule has 43 heteroatoms. The highest BCUT2D eigenvalue weighted by molar-refractivity contribution is 5.89. The Morgan fingerprint density at radius 2 is 0.721 bits per heavy atom. The predicted molar refractivity (Wildman–Crippen MR) is 489 cm³/mol. The molecule has 728 valence electrons. The zero-order valence-electron chi connectivity index (χ0n) is 78.4. The number of ether oxygens (including phenoxy) is 3. The average molecular weight is 1880 g/mol. The highest BCUT2D eigenvalue weighted by Gasteiger charge is 2.27. The first-order chi connectivity index (χ1) is 64.7. The summed E-state index contributed by atoms with van der Waals surface area (Å²) in [5.41, 5.74) is 10.6. The number of aromatic carboxylic acids is 9. The Labute approximate surface area is 783 Å². The van der Waals surface area contributed by atoms with Crippen molar-refractivity contribution in [3.8, 4) is 11.5 Å². The van der Waals surface area contributed by atoms with Crippen LogP contribution in [-0.2, 0) is 64.6 Å². The van der Waals surface area contributed by atoms with Gasteiger partial charge in [0, 0.05) is 135 Å². The molecule has 1 aliphatic heterocycles. The average Bonchev–Trinajstić information content (AvgIpc) is 1.77. The zero-order valence-corrected chi connectivity index (χ0v) is 78.4. The second-order valence-electron chi connectivity index (χ2n) is 33.7. The number of aryl methyl sites for hydroxylation is 11. The van der Waals surface area contributed by atoms with Gasteiger partial charge in [0.2, 0.25) is 0 Å². The summed E-state index contributed by atoms with van der Waals surface area (Å²) >= 11 is 0. The lowest BCUT2D eigenvalue weighted by Crippen LogP contribution is -2.19. The molecule has 9 N–H and O–H groups in total. The number of pyridine rings is 2. The molecule has 0 radical (unpaired) electrons. The molecule has 0 amide bonds. The first kappa shape index (κ1) is 105. The first-order valence-corrected chi connectivity index (χ1v) is 44.7. The molecular weight excluding hydrogens is 1760 g/mol. The summed E-state index contributed by atoms with van der Waals surface area (Å²) in [6.07, 6.45) is 28.6. The van der Waals surface area contributed by atoms with Gasteiger partial charge >= 0.3 is 53.7 Å². The summed E-state index contributed by atoms with van der Waals surface area (Å²) in [4.78, 5) is 112. The fraction of sp³-hybridized carbons (Fsp3) is 0.462. The van der Waals surface area contributed by atoms with Gasteiger partial charge in [0.05, 0.1) is 56.4 Å². The maximum absolute atomic E-state index is 10.8. The molecule has 13 heterocycles. The monoisotopic (exact) mass is 1880 g/mol. The summed E-state index contributed by atoms with van der Waals surface area (Å²) in [6.45, 7) is 25.0. The van der Waals surface area contributed by atoms with E-state index in [1.165, 1.54) is 101 Å². The molecule has 0 aromatic carbocycles. The smallest absolute Gasteiger partial charge is 0.356 e. The summed E-state index contributed by atoms with van der Waals surface area (Å²) in [5.74, 6) is -4.93. The fourth-order valence-electron chi connectivity index (χ4n) is 14.4. The quantitative estimate of drug-likeness (QED) is 0.0197. The number of rotatable bonds is 29. The molecular formula is C93H120N22O21. The topological polar surface area (TPSA) is 575 Å². The molecule has 12 aromatic rings. The normalized spacial score (nSPS) is 14.2. The number of carboxylic acid groups (broad SMARTS) is 9. The lowest BCUT2D eigenvalue weighted by Gasteiger charge is -2.25. The number of nitrogens with zero attached hydrogens (tertiary/aromatic N) is 22. The van der Waals surface area contributed by atoms with Crippen LogP contribution in [0.4, 0.5) is 0 Å². The van der Waals surface area contributed by atoms with E-state index >= 15 is 0 Å². The van der Waals surface area contributed by atoms with E-state index in [1.807, 2.05) is 104 Å². The van der Waals surface area contributed by atoms with Crippen molar-refractivity contribution in [1.82, 2.24) is 108 Å². The third-order valence-corrected chi connectivity index (χ3v) is 22.5. The van der Waals surface area contributed by atoms with Crippen LogP contribution in [0, 0.1) is 80.1 Å². The van der Waals surface area contributed by atoms with Crippen molar-refractivity contribution < 1.29 is 103 Å². The van der Waals surface area contributed by atoms with Crippen LogP contribution in [0.1, 0.15) is 279 Å². The number of carbonyl (C=O) groups is 9. The third kappa shape index (κ3) is 33.4. The fourth-order valence-corrected chi connectivity index (χ4v) is 14.4. The van der Waals surface area contributed by atoms with Crippen molar-refractivity contribution in [2.24, 2.45) is 31.8 Å². The van der Waals surface area contributed by atoms with Crippen LogP contribution in [0.25, 0.3) is 0 Å². The molecule has 17 rings (SSSR count). The second kappa shape index (κ2) is 50.8. The third-order valence-electron chi connectivity index (χ3n) is 22.5. The summed E-state index contributed by atoms with van der Waals surface area (Å²) in [6, 6.07) is 21.2. The van der Waals surface area contributed by atoms with Crippen molar-refractivity contribution in [2.45, 2.75) is 236 Å². The molecule has 12 aromatic heterocycles. The molecule has 43 nitrogen and oxygen atoms in total. The highest BCUT2D eigenvalue weighted by atomic mass is 16.5.